The number of methoxy groups -OCH3 is 1. The monoisotopic (exact) mass is 730 g/mol. The first-order valence-electron chi connectivity index (χ1n) is 18.7. The highest BCUT2D eigenvalue weighted by Crippen LogP contribution is 2.41. The van der Waals surface area contributed by atoms with Crippen LogP contribution < -0.4 is 0 Å². The van der Waals surface area contributed by atoms with E-state index in [0.29, 0.717) is 18.7 Å². The van der Waals surface area contributed by atoms with E-state index in [4.69, 9.17) is 38.2 Å². The third-order valence-electron chi connectivity index (χ3n) is 11.8. The van der Waals surface area contributed by atoms with Gasteiger partial charge in [-0.05, 0) is 81.8 Å². The summed E-state index contributed by atoms with van der Waals surface area (Å²) in [6.07, 6.45) is -7.58. The van der Waals surface area contributed by atoms with Gasteiger partial charge in [0.2, 0.25) is 0 Å². The van der Waals surface area contributed by atoms with Crippen LogP contribution in [0.5, 0.6) is 0 Å². The number of rotatable bonds is 7. The molecule has 0 saturated carbocycles. The Morgan fingerprint density at radius 3 is 2.20 bits per heavy atom. The molecule has 4 N–H and O–H groups in total. The average Bonchev–Trinajstić information content (AvgIpc) is 3.46. The van der Waals surface area contributed by atoms with Gasteiger partial charge in [-0.3, -0.25) is 4.79 Å². The lowest BCUT2D eigenvalue weighted by atomic mass is 9.77. The Bertz CT molecular complexity index is 1220. The summed E-state index contributed by atoms with van der Waals surface area (Å²) >= 11 is 0. The minimum atomic E-state index is -1.62. The summed E-state index contributed by atoms with van der Waals surface area (Å²) in [6.45, 7) is 17.7. The highest BCUT2D eigenvalue weighted by molar-refractivity contribution is 5.80. The molecule has 4 heterocycles. The van der Waals surface area contributed by atoms with Gasteiger partial charge < -0.3 is 58.5 Å². The number of cyclic esters (lactones) is 1. The molecule has 0 amide bonds. The van der Waals surface area contributed by atoms with Crippen molar-refractivity contribution in [2.75, 3.05) is 21.2 Å². The fourth-order valence-electron chi connectivity index (χ4n) is 8.66. The molecule has 0 radical (unpaired) electrons. The van der Waals surface area contributed by atoms with Crippen LogP contribution in [0.3, 0.4) is 0 Å². The number of fused-ring (bicyclic) bond motifs is 2. The Hall–Kier alpha value is -1.46. The standard InChI is InChI=1S/C37H66N2O12/c1-14-25-37(10,44)31-22(6)38-32(50-31)18(2)16-35(8,43)30(51-34-27(40)24(39(11)12)15-19(3)46-34)20(4)28(21(5)33(42)48-25)49-26-17-36(9,45-13)29(41)23(7)47-26/h18-31,34,40-41,43-44H,14-17H2,1-13H3/t18-,19?,20+,21-,22-,23?,24?,25-,26?,27?,28+,29?,30-,31-,34?,35?,36?,37-/m1/s1. The van der Waals surface area contributed by atoms with E-state index in [2.05, 4.69) is 0 Å². The molecule has 3 saturated heterocycles. The number of ether oxygens (including phenoxy) is 7. The molecule has 2 bridgehead atoms. The van der Waals surface area contributed by atoms with Gasteiger partial charge in [0.05, 0.1) is 47.6 Å². The van der Waals surface area contributed by atoms with Crippen LogP contribution in [0, 0.1) is 17.8 Å². The number of aliphatic imine (C=N–C) groups is 1. The van der Waals surface area contributed by atoms with Gasteiger partial charge in [-0.2, -0.15) is 0 Å². The number of likely N-dealkylation sites (N-methyl/N-ethyl adjacent to an activating group) is 1. The minimum Gasteiger partial charge on any atom is -0.472 e. The topological polar surface area (TPSA) is 178 Å². The molecular formula is C37H66N2O12. The van der Waals surface area contributed by atoms with Crippen LogP contribution in [0.4, 0.5) is 0 Å². The highest BCUT2D eigenvalue weighted by atomic mass is 16.7. The van der Waals surface area contributed by atoms with Crippen molar-refractivity contribution >= 4 is 11.9 Å². The maximum Gasteiger partial charge on any atom is 0.311 e. The van der Waals surface area contributed by atoms with Crippen molar-refractivity contribution in [2.45, 2.75) is 185 Å². The number of hydrogen-bond acceptors (Lipinski definition) is 14. The number of nitrogens with zero attached hydrogens (tertiary/aromatic N) is 2. The van der Waals surface area contributed by atoms with Gasteiger partial charge in [0.25, 0.3) is 0 Å². The molecule has 18 atom stereocenters. The Balaban J connectivity index is 1.82. The fourth-order valence-corrected chi connectivity index (χ4v) is 8.66. The van der Waals surface area contributed by atoms with Crippen LogP contribution in [-0.2, 0) is 38.0 Å². The van der Waals surface area contributed by atoms with E-state index in [-0.39, 0.29) is 25.0 Å². The summed E-state index contributed by atoms with van der Waals surface area (Å²) in [5, 5.41) is 46.8. The van der Waals surface area contributed by atoms with Gasteiger partial charge in [0, 0.05) is 31.4 Å². The van der Waals surface area contributed by atoms with E-state index >= 15 is 0 Å². The number of carbonyl (C=O) groups is 1. The molecule has 14 nitrogen and oxygen atoms in total. The number of esters is 1. The quantitative estimate of drug-likeness (QED) is 0.281. The second-order valence-electron chi connectivity index (χ2n) is 16.6. The van der Waals surface area contributed by atoms with Crippen molar-refractivity contribution in [1.29, 1.82) is 0 Å². The molecule has 0 aromatic carbocycles. The van der Waals surface area contributed by atoms with E-state index in [1.807, 2.05) is 53.6 Å². The maximum atomic E-state index is 14.2. The summed E-state index contributed by atoms with van der Waals surface area (Å²) < 4.78 is 43.9. The number of aliphatic hydroxyl groups excluding tert-OH is 2. The van der Waals surface area contributed by atoms with Gasteiger partial charge in [0.1, 0.15) is 23.9 Å². The number of hydrogen-bond donors (Lipinski definition) is 4. The summed E-state index contributed by atoms with van der Waals surface area (Å²) in [7, 11) is 5.28. The van der Waals surface area contributed by atoms with E-state index < -0.39 is 102 Å². The van der Waals surface area contributed by atoms with Crippen LogP contribution in [0.25, 0.3) is 0 Å². The molecule has 0 spiro atoms. The minimum absolute atomic E-state index is 0.117. The Morgan fingerprint density at radius 1 is 0.961 bits per heavy atom. The molecule has 9 unspecified atom stereocenters. The lowest BCUT2D eigenvalue weighted by Gasteiger charge is -2.49. The van der Waals surface area contributed by atoms with Crippen molar-refractivity contribution in [2.24, 2.45) is 22.7 Å². The van der Waals surface area contributed by atoms with E-state index in [0.717, 1.165) is 0 Å². The second kappa shape index (κ2) is 16.1. The maximum absolute atomic E-state index is 14.2. The zero-order valence-corrected chi connectivity index (χ0v) is 32.9. The predicted molar refractivity (Wildman–Crippen MR) is 188 cm³/mol. The van der Waals surface area contributed by atoms with Crippen LogP contribution in [0.15, 0.2) is 4.99 Å². The third kappa shape index (κ3) is 8.76. The molecule has 4 rings (SSSR count). The van der Waals surface area contributed by atoms with Gasteiger partial charge in [-0.25, -0.2) is 4.99 Å². The molecule has 4 aliphatic rings. The Morgan fingerprint density at radius 2 is 1.61 bits per heavy atom. The van der Waals surface area contributed by atoms with Gasteiger partial charge in [-0.15, -0.1) is 0 Å². The summed E-state index contributed by atoms with van der Waals surface area (Å²) in [5.74, 6) is -2.40. The smallest absolute Gasteiger partial charge is 0.311 e. The molecule has 4 aliphatic heterocycles. The zero-order valence-electron chi connectivity index (χ0n) is 32.9. The predicted octanol–water partition coefficient (Wildman–Crippen LogP) is 2.41. The third-order valence-corrected chi connectivity index (χ3v) is 11.8. The Labute approximate surface area is 304 Å². The lowest BCUT2D eigenvalue weighted by Crippen LogP contribution is -2.61. The molecular weight excluding hydrogens is 664 g/mol. The molecule has 0 aliphatic carbocycles. The normalized spacial score (nSPS) is 50.3. The fraction of sp³-hybridized carbons (Fsp3) is 0.946. The van der Waals surface area contributed by atoms with Gasteiger partial charge >= 0.3 is 5.97 Å². The zero-order chi connectivity index (χ0) is 38.4. The van der Waals surface area contributed by atoms with Crippen molar-refractivity contribution in [3.8, 4) is 0 Å². The molecule has 3 fully saturated rings. The first-order valence-corrected chi connectivity index (χ1v) is 18.7. The summed E-state index contributed by atoms with van der Waals surface area (Å²) in [5.41, 5.74) is -4.22. The molecule has 0 aromatic heterocycles. The van der Waals surface area contributed by atoms with Crippen molar-refractivity contribution < 1.29 is 58.4 Å². The summed E-state index contributed by atoms with van der Waals surface area (Å²) in [6, 6.07) is -0.725. The first-order chi connectivity index (χ1) is 23.6. The lowest BCUT2D eigenvalue weighted by molar-refractivity contribution is -0.318. The van der Waals surface area contributed by atoms with Gasteiger partial charge in [0.15, 0.2) is 24.6 Å². The van der Waals surface area contributed by atoms with Crippen molar-refractivity contribution in [3.05, 3.63) is 0 Å². The van der Waals surface area contributed by atoms with E-state index in [1.54, 1.807) is 34.6 Å². The number of aliphatic hydroxyl groups is 4. The van der Waals surface area contributed by atoms with E-state index in [9.17, 15) is 25.2 Å². The molecule has 296 valence electrons. The molecule has 51 heavy (non-hydrogen) atoms. The Kier molecular flexibility index (Phi) is 13.4. The van der Waals surface area contributed by atoms with Crippen molar-refractivity contribution in [3.63, 3.8) is 0 Å². The largest absolute Gasteiger partial charge is 0.472 e. The first kappa shape index (κ1) is 42.3. The molecule has 0 aromatic rings. The average molecular weight is 731 g/mol. The van der Waals surface area contributed by atoms with E-state index in [1.165, 1.54) is 7.11 Å². The van der Waals surface area contributed by atoms with Crippen LogP contribution >= 0.6 is 0 Å². The highest BCUT2D eigenvalue weighted by Gasteiger charge is 2.54. The number of carbonyl (C=O) groups excluding carboxylic acids is 1. The SMILES string of the molecule is CC[C@H]1OC(=O)[C@H](C)[C@@H](OC2CC(C)(OC)C(O)C(C)O2)[C@H](C)[C@@H](OC2OC(C)CC(N(C)C)C2O)C(C)(O)C[C@@H](C)C2=N[C@H](C)[C@@H](O2)[C@]1(C)O. The van der Waals surface area contributed by atoms with Crippen molar-refractivity contribution in [1.82, 2.24) is 4.90 Å². The molecule has 14 heteroatoms. The van der Waals surface area contributed by atoms with Gasteiger partial charge in [-0.1, -0.05) is 20.8 Å². The van der Waals surface area contributed by atoms with Crippen LogP contribution in [0.1, 0.15) is 94.9 Å². The summed E-state index contributed by atoms with van der Waals surface area (Å²) in [4.78, 5) is 20.9. The second-order valence-corrected chi connectivity index (χ2v) is 16.6. The van der Waals surface area contributed by atoms with Crippen LogP contribution in [-0.4, -0.2) is 149 Å². The van der Waals surface area contributed by atoms with Crippen LogP contribution in [0.2, 0.25) is 0 Å².